The molecule has 7 heteroatoms. The molecule has 1 saturated heterocycles. The Morgan fingerprint density at radius 2 is 1.74 bits per heavy atom. The molecule has 178 valence electrons. The number of para-hydroxylation sites is 1. The number of amides is 2. The van der Waals surface area contributed by atoms with E-state index < -0.39 is 0 Å². The van der Waals surface area contributed by atoms with Crippen LogP contribution in [0.3, 0.4) is 0 Å². The van der Waals surface area contributed by atoms with Crippen LogP contribution in [-0.4, -0.2) is 22.7 Å². The Morgan fingerprint density at radius 3 is 2.43 bits per heavy atom. The van der Waals surface area contributed by atoms with Gasteiger partial charge in [-0.25, -0.2) is 0 Å². The van der Waals surface area contributed by atoms with E-state index in [4.69, 9.17) is 17.0 Å². The van der Waals surface area contributed by atoms with Crippen LogP contribution in [-0.2, 0) is 9.59 Å². The third kappa shape index (κ3) is 5.99. The Morgan fingerprint density at radius 1 is 1.06 bits per heavy atom. The number of hydrogen-bond acceptors (Lipinski definition) is 5. The molecule has 1 N–H and O–H groups in total. The maximum atomic E-state index is 12.9. The lowest BCUT2D eigenvalue weighted by Gasteiger charge is -2.14. The van der Waals surface area contributed by atoms with Crippen LogP contribution < -0.4 is 15.0 Å². The van der Waals surface area contributed by atoms with E-state index in [1.54, 1.807) is 17.0 Å². The van der Waals surface area contributed by atoms with Crippen molar-refractivity contribution in [3.63, 3.8) is 0 Å². The predicted molar refractivity (Wildman–Crippen MR) is 148 cm³/mol. The molecule has 4 rings (SSSR count). The number of thiocarbonyl (C=S) groups is 1. The summed E-state index contributed by atoms with van der Waals surface area (Å²) in [6, 6.07) is 22.7. The van der Waals surface area contributed by atoms with Crippen molar-refractivity contribution < 1.29 is 14.3 Å². The number of rotatable bonds is 7. The maximum Gasteiger partial charge on any atom is 0.270 e. The summed E-state index contributed by atoms with van der Waals surface area (Å²) in [5.74, 6) is 0.517. The van der Waals surface area contributed by atoms with Gasteiger partial charge in [-0.1, -0.05) is 85.9 Å². The molecule has 0 radical (unpaired) electrons. The molecule has 3 aromatic rings. The molecule has 0 aliphatic carbocycles. The van der Waals surface area contributed by atoms with Gasteiger partial charge in [-0.2, -0.15) is 0 Å². The van der Waals surface area contributed by atoms with Crippen molar-refractivity contribution in [1.29, 1.82) is 0 Å². The zero-order valence-electron chi connectivity index (χ0n) is 19.8. The highest BCUT2D eigenvalue weighted by Gasteiger charge is 2.33. The van der Waals surface area contributed by atoms with Gasteiger partial charge in [0, 0.05) is 5.69 Å². The number of anilines is 2. The molecule has 0 spiro atoms. The van der Waals surface area contributed by atoms with E-state index in [-0.39, 0.29) is 18.4 Å². The van der Waals surface area contributed by atoms with Crippen LogP contribution in [0.5, 0.6) is 5.75 Å². The second kappa shape index (κ2) is 10.9. The van der Waals surface area contributed by atoms with Crippen LogP contribution in [0.25, 0.3) is 6.08 Å². The number of thioether (sulfide) groups is 1. The normalized spacial score (nSPS) is 14.6. The Hall–Kier alpha value is -3.42. The molecule has 1 aliphatic heterocycles. The summed E-state index contributed by atoms with van der Waals surface area (Å²) < 4.78 is 6.16. The number of nitrogens with one attached hydrogen (secondary N) is 1. The van der Waals surface area contributed by atoms with E-state index in [9.17, 15) is 9.59 Å². The van der Waals surface area contributed by atoms with Crippen molar-refractivity contribution in [1.82, 2.24) is 0 Å². The van der Waals surface area contributed by atoms with Crippen molar-refractivity contribution in [3.8, 4) is 5.75 Å². The first-order chi connectivity index (χ1) is 16.8. The van der Waals surface area contributed by atoms with Gasteiger partial charge in [-0.15, -0.1) is 0 Å². The highest BCUT2D eigenvalue weighted by Crippen LogP contribution is 2.36. The summed E-state index contributed by atoms with van der Waals surface area (Å²) in [4.78, 5) is 27.5. The van der Waals surface area contributed by atoms with Gasteiger partial charge in [0.25, 0.3) is 11.8 Å². The van der Waals surface area contributed by atoms with E-state index in [0.717, 1.165) is 28.1 Å². The first kappa shape index (κ1) is 24.7. The fourth-order valence-electron chi connectivity index (χ4n) is 3.65. The molecular weight excluding hydrogens is 476 g/mol. The minimum Gasteiger partial charge on any atom is -0.484 e. The molecular formula is C28H26N2O3S2. The fraction of sp³-hybridized carbons (Fsp3) is 0.179. The number of benzene rings is 3. The third-order valence-electron chi connectivity index (χ3n) is 5.49. The standard InChI is InChI=1S/C28H26N2O3S2/c1-18(2)23-6-4-5-7-24(23)29-26(31)17-33-22-14-10-20(11-15-22)16-25-27(32)30(28(34)35-25)21-12-8-19(3)9-13-21/h4-16,18H,17H2,1-3H3,(H,29,31)/b25-16-. The van der Waals surface area contributed by atoms with E-state index in [1.807, 2.05) is 73.7 Å². The van der Waals surface area contributed by atoms with E-state index >= 15 is 0 Å². The van der Waals surface area contributed by atoms with Gasteiger partial charge in [0.2, 0.25) is 0 Å². The van der Waals surface area contributed by atoms with E-state index in [1.165, 1.54) is 11.8 Å². The zero-order chi connectivity index (χ0) is 24.9. The molecule has 35 heavy (non-hydrogen) atoms. The lowest BCUT2D eigenvalue weighted by Crippen LogP contribution is -2.27. The average Bonchev–Trinajstić information content (AvgIpc) is 3.12. The van der Waals surface area contributed by atoms with Gasteiger partial charge in [0.15, 0.2) is 10.9 Å². The minimum atomic E-state index is -0.220. The van der Waals surface area contributed by atoms with E-state index in [2.05, 4.69) is 19.2 Å². The first-order valence-corrected chi connectivity index (χ1v) is 12.5. The van der Waals surface area contributed by atoms with Gasteiger partial charge in [0.05, 0.1) is 10.6 Å². The average molecular weight is 503 g/mol. The Labute approximate surface area is 215 Å². The topological polar surface area (TPSA) is 58.6 Å². The Balaban J connectivity index is 1.37. The second-order valence-electron chi connectivity index (χ2n) is 8.50. The van der Waals surface area contributed by atoms with Gasteiger partial charge >= 0.3 is 0 Å². The molecule has 0 saturated carbocycles. The molecule has 1 heterocycles. The summed E-state index contributed by atoms with van der Waals surface area (Å²) in [5.41, 5.74) is 4.61. The third-order valence-corrected chi connectivity index (χ3v) is 6.79. The number of carbonyl (C=O) groups is 2. The van der Waals surface area contributed by atoms with Crippen LogP contribution in [0.1, 0.15) is 36.5 Å². The Bertz CT molecular complexity index is 1280. The van der Waals surface area contributed by atoms with Gasteiger partial charge in [-0.05, 0) is 60.4 Å². The molecule has 0 unspecified atom stereocenters. The molecule has 3 aromatic carbocycles. The summed E-state index contributed by atoms with van der Waals surface area (Å²) >= 11 is 6.73. The molecule has 1 aliphatic rings. The number of nitrogens with zero attached hydrogens (tertiary/aromatic N) is 1. The first-order valence-electron chi connectivity index (χ1n) is 11.3. The predicted octanol–water partition coefficient (Wildman–Crippen LogP) is 6.54. The molecule has 0 aromatic heterocycles. The monoisotopic (exact) mass is 502 g/mol. The summed E-state index contributed by atoms with van der Waals surface area (Å²) in [6.07, 6.45) is 1.81. The van der Waals surface area contributed by atoms with Gasteiger partial charge in [-0.3, -0.25) is 14.5 Å². The smallest absolute Gasteiger partial charge is 0.270 e. The SMILES string of the molecule is Cc1ccc(N2C(=O)/C(=C/c3ccc(OCC(=O)Nc4ccccc4C(C)C)cc3)SC2=S)cc1. The van der Waals surface area contributed by atoms with Crippen LogP contribution in [0.4, 0.5) is 11.4 Å². The van der Waals surface area contributed by atoms with Crippen molar-refractivity contribution in [3.05, 3.63) is 94.4 Å². The number of aryl methyl sites for hydroxylation is 1. The molecule has 2 amide bonds. The summed E-state index contributed by atoms with van der Waals surface area (Å²) in [6.45, 7) is 6.08. The largest absolute Gasteiger partial charge is 0.484 e. The molecule has 1 fully saturated rings. The lowest BCUT2D eigenvalue weighted by atomic mass is 10.0. The van der Waals surface area contributed by atoms with Crippen molar-refractivity contribution >= 4 is 57.6 Å². The van der Waals surface area contributed by atoms with Crippen molar-refractivity contribution in [2.45, 2.75) is 26.7 Å². The maximum absolute atomic E-state index is 12.9. The van der Waals surface area contributed by atoms with Gasteiger partial charge in [0.1, 0.15) is 5.75 Å². The summed E-state index contributed by atoms with van der Waals surface area (Å²) in [5, 5.41) is 2.92. The molecule has 0 atom stereocenters. The van der Waals surface area contributed by atoms with Crippen LogP contribution in [0.2, 0.25) is 0 Å². The quantitative estimate of drug-likeness (QED) is 0.294. The lowest BCUT2D eigenvalue weighted by molar-refractivity contribution is -0.118. The van der Waals surface area contributed by atoms with Crippen LogP contribution in [0, 0.1) is 6.92 Å². The minimum absolute atomic E-state index is 0.0962. The number of hydrogen-bond donors (Lipinski definition) is 1. The van der Waals surface area contributed by atoms with E-state index in [0.29, 0.717) is 20.9 Å². The van der Waals surface area contributed by atoms with Gasteiger partial charge < -0.3 is 10.1 Å². The highest BCUT2D eigenvalue weighted by molar-refractivity contribution is 8.27. The van der Waals surface area contributed by atoms with Crippen LogP contribution in [0.15, 0.2) is 77.7 Å². The zero-order valence-corrected chi connectivity index (χ0v) is 21.4. The highest BCUT2D eigenvalue weighted by atomic mass is 32.2. The number of ether oxygens (including phenoxy) is 1. The second-order valence-corrected chi connectivity index (χ2v) is 10.2. The van der Waals surface area contributed by atoms with Crippen LogP contribution >= 0.6 is 24.0 Å². The van der Waals surface area contributed by atoms with Crippen molar-refractivity contribution in [2.24, 2.45) is 0 Å². The summed E-state index contributed by atoms with van der Waals surface area (Å²) in [7, 11) is 0. The molecule has 0 bridgehead atoms. The number of carbonyl (C=O) groups excluding carboxylic acids is 2. The van der Waals surface area contributed by atoms with Crippen molar-refractivity contribution in [2.75, 3.05) is 16.8 Å². The Kier molecular flexibility index (Phi) is 7.68. The molecule has 5 nitrogen and oxygen atoms in total. The fourth-order valence-corrected chi connectivity index (χ4v) is 4.94.